The molecule has 1 aliphatic carbocycles. The number of ether oxygens (including phenoxy) is 2. The van der Waals surface area contributed by atoms with Gasteiger partial charge in [0.25, 0.3) is 0 Å². The van der Waals surface area contributed by atoms with Crippen LogP contribution in [-0.2, 0) is 11.2 Å². The van der Waals surface area contributed by atoms with Crippen molar-refractivity contribution in [2.45, 2.75) is 45.3 Å². The molecule has 1 aliphatic rings. The molecule has 2 rings (SSSR count). The lowest BCUT2D eigenvalue weighted by atomic mass is 10.1. The van der Waals surface area contributed by atoms with Crippen molar-refractivity contribution in [3.8, 4) is 5.75 Å². The Bertz CT molecular complexity index is 416. The van der Waals surface area contributed by atoms with Crippen molar-refractivity contribution in [2.24, 2.45) is 5.92 Å². The van der Waals surface area contributed by atoms with Crippen LogP contribution in [0.1, 0.15) is 43.9 Å². The Morgan fingerprint density at radius 3 is 2.89 bits per heavy atom. The molecule has 1 N–H and O–H groups in total. The van der Waals surface area contributed by atoms with Gasteiger partial charge in [0.05, 0.1) is 13.2 Å². The number of hydrogen-bond donors (Lipinski definition) is 1. The van der Waals surface area contributed by atoms with E-state index in [1.807, 2.05) is 18.2 Å². The lowest BCUT2D eigenvalue weighted by Crippen LogP contribution is -2.21. The summed E-state index contributed by atoms with van der Waals surface area (Å²) in [6.07, 6.45) is 2.50. The molecule has 0 amide bonds. The maximum absolute atomic E-state index is 10.3. The van der Waals surface area contributed by atoms with Crippen molar-refractivity contribution in [3.05, 3.63) is 29.3 Å². The van der Waals surface area contributed by atoms with E-state index in [9.17, 15) is 5.11 Å². The molecule has 0 fully saturated rings. The lowest BCUT2D eigenvalue weighted by molar-refractivity contribution is -0.0397. The van der Waals surface area contributed by atoms with Crippen molar-refractivity contribution >= 4 is 0 Å². The molecule has 1 aromatic carbocycles. The summed E-state index contributed by atoms with van der Waals surface area (Å²) >= 11 is 0. The first kappa shape index (κ1) is 14.4. The Morgan fingerprint density at radius 1 is 1.42 bits per heavy atom. The first-order chi connectivity index (χ1) is 9.15. The molecule has 0 spiro atoms. The molecule has 1 aromatic rings. The largest absolute Gasteiger partial charge is 0.497 e. The first-order valence-electron chi connectivity index (χ1n) is 7.12. The van der Waals surface area contributed by atoms with Gasteiger partial charge < -0.3 is 14.6 Å². The number of aliphatic hydroxyl groups is 1. The van der Waals surface area contributed by atoms with Gasteiger partial charge in [-0.3, -0.25) is 0 Å². The Kier molecular flexibility index (Phi) is 4.83. The smallest absolute Gasteiger partial charge is 0.119 e. The van der Waals surface area contributed by atoms with Gasteiger partial charge in [0, 0.05) is 13.0 Å². The molecule has 3 unspecified atom stereocenters. The second-order valence-corrected chi connectivity index (χ2v) is 5.48. The summed E-state index contributed by atoms with van der Waals surface area (Å²) < 4.78 is 11.1. The van der Waals surface area contributed by atoms with Crippen LogP contribution in [0, 0.1) is 5.92 Å². The third-order valence-corrected chi connectivity index (χ3v) is 3.82. The summed E-state index contributed by atoms with van der Waals surface area (Å²) in [7, 11) is 1.64. The summed E-state index contributed by atoms with van der Waals surface area (Å²) in [4.78, 5) is 0. The van der Waals surface area contributed by atoms with E-state index in [2.05, 4.69) is 13.8 Å². The van der Waals surface area contributed by atoms with Gasteiger partial charge in [-0.1, -0.05) is 26.3 Å². The molecule has 3 nitrogen and oxygen atoms in total. The molecule has 0 bridgehead atoms. The van der Waals surface area contributed by atoms with Crippen LogP contribution in [0.25, 0.3) is 0 Å². The average molecular weight is 264 g/mol. The summed E-state index contributed by atoms with van der Waals surface area (Å²) in [6.45, 7) is 5.10. The topological polar surface area (TPSA) is 38.7 Å². The maximum Gasteiger partial charge on any atom is 0.119 e. The zero-order chi connectivity index (χ0) is 13.8. The van der Waals surface area contributed by atoms with Crippen molar-refractivity contribution in [2.75, 3.05) is 13.7 Å². The lowest BCUT2D eigenvalue weighted by Gasteiger charge is -2.19. The number of benzene rings is 1. The SMILES string of the molecule is CCCC(C)COC1Cc2ccc(OC)cc2C1O. The van der Waals surface area contributed by atoms with Crippen LogP contribution in [-0.4, -0.2) is 24.9 Å². The number of rotatable bonds is 6. The molecule has 0 saturated carbocycles. The summed E-state index contributed by atoms with van der Waals surface area (Å²) in [5.74, 6) is 1.34. The van der Waals surface area contributed by atoms with Crippen LogP contribution >= 0.6 is 0 Å². The number of aliphatic hydroxyl groups excluding tert-OH is 1. The average Bonchev–Trinajstić information content (AvgIpc) is 2.73. The monoisotopic (exact) mass is 264 g/mol. The van der Waals surface area contributed by atoms with Crippen molar-refractivity contribution < 1.29 is 14.6 Å². The zero-order valence-electron chi connectivity index (χ0n) is 12.1. The highest BCUT2D eigenvalue weighted by atomic mass is 16.5. The highest BCUT2D eigenvalue weighted by molar-refractivity contribution is 5.41. The fourth-order valence-electron chi connectivity index (χ4n) is 2.70. The Labute approximate surface area is 115 Å². The van der Waals surface area contributed by atoms with Crippen LogP contribution in [0.5, 0.6) is 5.75 Å². The molecule has 106 valence electrons. The number of methoxy groups -OCH3 is 1. The maximum atomic E-state index is 10.3. The predicted octanol–water partition coefficient (Wildman–Crippen LogP) is 3.11. The van der Waals surface area contributed by atoms with Crippen molar-refractivity contribution in [3.63, 3.8) is 0 Å². The van der Waals surface area contributed by atoms with E-state index in [0.29, 0.717) is 5.92 Å². The van der Waals surface area contributed by atoms with Gasteiger partial charge in [-0.05, 0) is 35.6 Å². The van der Waals surface area contributed by atoms with Gasteiger partial charge in [-0.2, -0.15) is 0 Å². The van der Waals surface area contributed by atoms with Crippen LogP contribution < -0.4 is 4.74 Å². The van der Waals surface area contributed by atoms with Gasteiger partial charge in [0.1, 0.15) is 11.9 Å². The van der Waals surface area contributed by atoms with E-state index in [1.165, 1.54) is 18.4 Å². The Hall–Kier alpha value is -1.06. The minimum absolute atomic E-state index is 0.110. The van der Waals surface area contributed by atoms with Gasteiger partial charge in [-0.15, -0.1) is 0 Å². The summed E-state index contributed by atoms with van der Waals surface area (Å²) in [6, 6.07) is 5.88. The second kappa shape index (κ2) is 6.40. The van der Waals surface area contributed by atoms with E-state index in [4.69, 9.17) is 9.47 Å². The van der Waals surface area contributed by atoms with E-state index in [0.717, 1.165) is 24.3 Å². The van der Waals surface area contributed by atoms with E-state index in [-0.39, 0.29) is 6.10 Å². The van der Waals surface area contributed by atoms with Crippen molar-refractivity contribution in [1.82, 2.24) is 0 Å². The van der Waals surface area contributed by atoms with Crippen LogP contribution in [0.3, 0.4) is 0 Å². The van der Waals surface area contributed by atoms with Gasteiger partial charge in [0.2, 0.25) is 0 Å². The molecule has 3 atom stereocenters. The fourth-order valence-corrected chi connectivity index (χ4v) is 2.70. The first-order valence-corrected chi connectivity index (χ1v) is 7.12. The molecule has 3 heteroatoms. The quantitative estimate of drug-likeness (QED) is 0.858. The molecule has 19 heavy (non-hydrogen) atoms. The standard InChI is InChI=1S/C16H24O3/c1-4-5-11(2)10-19-15-8-12-6-7-13(18-3)9-14(12)16(15)17/h6-7,9,11,15-17H,4-5,8,10H2,1-3H3. The Morgan fingerprint density at radius 2 is 2.21 bits per heavy atom. The summed E-state index contributed by atoms with van der Waals surface area (Å²) in [5.41, 5.74) is 2.12. The molecule has 0 heterocycles. The molecular formula is C16H24O3. The third kappa shape index (κ3) is 3.28. The predicted molar refractivity (Wildman–Crippen MR) is 75.5 cm³/mol. The molecular weight excluding hydrogens is 240 g/mol. The van der Waals surface area contributed by atoms with Crippen LogP contribution in [0.4, 0.5) is 0 Å². The minimum Gasteiger partial charge on any atom is -0.497 e. The summed E-state index contributed by atoms with van der Waals surface area (Å²) in [5, 5.41) is 10.3. The van der Waals surface area contributed by atoms with Gasteiger partial charge in [-0.25, -0.2) is 0 Å². The van der Waals surface area contributed by atoms with Crippen LogP contribution in [0.2, 0.25) is 0 Å². The highest BCUT2D eigenvalue weighted by Crippen LogP contribution is 2.35. The number of hydrogen-bond acceptors (Lipinski definition) is 3. The van der Waals surface area contributed by atoms with E-state index < -0.39 is 6.10 Å². The van der Waals surface area contributed by atoms with Crippen LogP contribution in [0.15, 0.2) is 18.2 Å². The fraction of sp³-hybridized carbons (Fsp3) is 0.625. The van der Waals surface area contributed by atoms with E-state index >= 15 is 0 Å². The van der Waals surface area contributed by atoms with Crippen molar-refractivity contribution in [1.29, 1.82) is 0 Å². The number of fused-ring (bicyclic) bond motifs is 1. The van der Waals surface area contributed by atoms with Gasteiger partial charge >= 0.3 is 0 Å². The highest BCUT2D eigenvalue weighted by Gasteiger charge is 2.32. The Balaban J connectivity index is 1.96. The normalized spacial score (nSPS) is 23.2. The van der Waals surface area contributed by atoms with E-state index in [1.54, 1.807) is 7.11 Å². The third-order valence-electron chi connectivity index (χ3n) is 3.82. The molecule has 0 aliphatic heterocycles. The minimum atomic E-state index is -0.529. The second-order valence-electron chi connectivity index (χ2n) is 5.48. The van der Waals surface area contributed by atoms with Gasteiger partial charge in [0.15, 0.2) is 0 Å². The molecule has 0 saturated heterocycles. The zero-order valence-corrected chi connectivity index (χ0v) is 12.1. The molecule has 0 radical (unpaired) electrons. The molecule has 0 aromatic heterocycles.